The van der Waals surface area contributed by atoms with Crippen LogP contribution in [-0.2, 0) is 27.8 Å². The number of sulfonamides is 1. The Bertz CT molecular complexity index is 1750. The Morgan fingerprint density at radius 2 is 1.75 bits per heavy atom. The summed E-state index contributed by atoms with van der Waals surface area (Å²) in [6.45, 7) is 6.34. The summed E-state index contributed by atoms with van der Waals surface area (Å²) in [6.07, 6.45) is 4.76. The Balaban J connectivity index is 1.35. The van der Waals surface area contributed by atoms with Crippen LogP contribution < -0.4 is 14.4 Å². The van der Waals surface area contributed by atoms with Gasteiger partial charge in [0.15, 0.2) is 0 Å². The number of anilines is 1. The van der Waals surface area contributed by atoms with Gasteiger partial charge in [0.2, 0.25) is 10.0 Å². The fourth-order valence-corrected chi connectivity index (χ4v) is 9.82. The SMILES string of the molecule is CO[C@]1(CN2CCN(CC(F)(F)F)CC2)/C=C/C[C@H](C)[C@@H](C)S(=O)(=O)NC(=O)c2ccc3c(c2)N(CCCCc2cc(Cl)ccc2CO3)C[C@@H]2CC[C@H]21. The van der Waals surface area contributed by atoms with E-state index in [-0.39, 0.29) is 23.3 Å². The van der Waals surface area contributed by atoms with Crippen LogP contribution in [0.2, 0.25) is 5.02 Å². The van der Waals surface area contributed by atoms with Gasteiger partial charge in [-0.15, -0.1) is 0 Å². The van der Waals surface area contributed by atoms with E-state index in [4.69, 9.17) is 21.1 Å². The lowest BCUT2D eigenvalue weighted by Gasteiger charge is -2.52. The molecule has 0 radical (unpaired) electrons. The number of amides is 1. The lowest BCUT2D eigenvalue weighted by molar-refractivity contribution is -0.151. The van der Waals surface area contributed by atoms with Crippen molar-refractivity contribution in [3.05, 3.63) is 70.3 Å². The lowest BCUT2D eigenvalue weighted by Crippen LogP contribution is -2.59. The van der Waals surface area contributed by atoms with Crippen LogP contribution in [0.5, 0.6) is 5.75 Å². The molecule has 1 saturated heterocycles. The van der Waals surface area contributed by atoms with Crippen molar-refractivity contribution in [2.75, 3.05) is 64.4 Å². The van der Waals surface area contributed by atoms with Crippen LogP contribution in [0.4, 0.5) is 18.9 Å². The van der Waals surface area contributed by atoms with Gasteiger partial charge in [-0.1, -0.05) is 36.7 Å². The van der Waals surface area contributed by atoms with Crippen LogP contribution in [0.25, 0.3) is 0 Å². The summed E-state index contributed by atoms with van der Waals surface area (Å²) in [5.41, 5.74) is 2.40. The van der Waals surface area contributed by atoms with E-state index >= 15 is 0 Å². The summed E-state index contributed by atoms with van der Waals surface area (Å²) >= 11 is 6.37. The maximum atomic E-state index is 13.6. The minimum absolute atomic E-state index is 0.0988. The van der Waals surface area contributed by atoms with E-state index in [9.17, 15) is 26.4 Å². The van der Waals surface area contributed by atoms with E-state index < -0.39 is 39.5 Å². The Kier molecular flexibility index (Phi) is 12.4. The second kappa shape index (κ2) is 16.5. The number of allylic oxidation sites excluding steroid dienone is 1. The van der Waals surface area contributed by atoms with Crippen LogP contribution in [0, 0.1) is 17.8 Å². The van der Waals surface area contributed by atoms with Crippen molar-refractivity contribution >= 4 is 33.2 Å². The number of halogens is 4. The topological polar surface area (TPSA) is 91.4 Å². The highest BCUT2D eigenvalue weighted by atomic mass is 35.5. The molecule has 1 saturated carbocycles. The molecule has 2 bridgehead atoms. The molecule has 0 unspecified atom stereocenters. The van der Waals surface area contributed by atoms with Gasteiger partial charge in [-0.2, -0.15) is 13.2 Å². The van der Waals surface area contributed by atoms with E-state index in [1.165, 1.54) is 4.90 Å². The van der Waals surface area contributed by atoms with Gasteiger partial charge >= 0.3 is 6.18 Å². The monoisotopic (exact) mass is 780 g/mol. The van der Waals surface area contributed by atoms with Crippen LogP contribution >= 0.6 is 11.6 Å². The average Bonchev–Trinajstić information content (AvgIpc) is 3.12. The van der Waals surface area contributed by atoms with Crippen LogP contribution in [0.3, 0.4) is 0 Å². The molecule has 292 valence electrons. The Morgan fingerprint density at radius 1 is 1.00 bits per heavy atom. The average molecular weight is 781 g/mol. The van der Waals surface area contributed by atoms with Crippen molar-refractivity contribution in [2.24, 2.45) is 17.8 Å². The first kappa shape index (κ1) is 39.8. The maximum Gasteiger partial charge on any atom is 0.401 e. The third kappa shape index (κ3) is 9.52. The molecule has 2 aromatic carbocycles. The van der Waals surface area contributed by atoms with Crippen LogP contribution in [-0.4, -0.2) is 101 Å². The van der Waals surface area contributed by atoms with Gasteiger partial charge in [0.05, 0.1) is 17.5 Å². The first-order valence-corrected chi connectivity index (χ1v) is 20.7. The molecule has 5 atom stereocenters. The zero-order valence-electron chi connectivity index (χ0n) is 30.8. The van der Waals surface area contributed by atoms with E-state index in [0.29, 0.717) is 69.6 Å². The number of nitrogens with zero attached hydrogens (tertiary/aromatic N) is 3. The summed E-state index contributed by atoms with van der Waals surface area (Å²) in [5.74, 6) is -0.0973. The smallest absolute Gasteiger partial charge is 0.401 e. The number of carbonyl (C=O) groups is 1. The summed E-state index contributed by atoms with van der Waals surface area (Å²) in [6, 6.07) is 11.0. The van der Waals surface area contributed by atoms with Crippen LogP contribution in [0.1, 0.15) is 67.4 Å². The first-order valence-electron chi connectivity index (χ1n) is 18.8. The predicted molar refractivity (Wildman–Crippen MR) is 201 cm³/mol. The molecule has 3 aliphatic heterocycles. The van der Waals surface area contributed by atoms with Gasteiger partial charge in [0.1, 0.15) is 18.0 Å². The second-order valence-electron chi connectivity index (χ2n) is 15.4. The molecule has 1 aliphatic carbocycles. The van der Waals surface area contributed by atoms with E-state index in [1.54, 1.807) is 32.2 Å². The maximum absolute atomic E-state index is 13.6. The Labute approximate surface area is 316 Å². The van der Waals surface area contributed by atoms with Crippen molar-refractivity contribution in [2.45, 2.75) is 76.0 Å². The summed E-state index contributed by atoms with van der Waals surface area (Å²) in [5, 5.41) is -0.193. The fraction of sp³-hybridized carbons (Fsp3) is 0.615. The number of benzene rings is 2. The minimum atomic E-state index is -4.24. The molecule has 14 heteroatoms. The molecule has 2 aromatic rings. The number of methoxy groups -OCH3 is 1. The molecule has 6 rings (SSSR count). The highest BCUT2D eigenvalue weighted by Gasteiger charge is 2.48. The van der Waals surface area contributed by atoms with Crippen molar-refractivity contribution in [1.29, 1.82) is 0 Å². The highest BCUT2D eigenvalue weighted by Crippen LogP contribution is 2.47. The van der Waals surface area contributed by atoms with Gasteiger partial charge in [0, 0.05) is 63.5 Å². The number of hydrogen-bond donors (Lipinski definition) is 1. The van der Waals surface area contributed by atoms with Crippen molar-refractivity contribution in [3.8, 4) is 5.75 Å². The Morgan fingerprint density at radius 3 is 2.45 bits per heavy atom. The number of alkyl halides is 3. The largest absolute Gasteiger partial charge is 0.487 e. The van der Waals surface area contributed by atoms with Gasteiger partial charge < -0.3 is 14.4 Å². The molecule has 3 heterocycles. The lowest BCUT2D eigenvalue weighted by atomic mass is 9.63. The van der Waals surface area contributed by atoms with Crippen molar-refractivity contribution < 1.29 is 35.9 Å². The molecule has 53 heavy (non-hydrogen) atoms. The molecule has 9 nitrogen and oxygen atoms in total. The first-order chi connectivity index (χ1) is 25.2. The van der Waals surface area contributed by atoms with Crippen LogP contribution in [0.15, 0.2) is 48.6 Å². The van der Waals surface area contributed by atoms with E-state index in [2.05, 4.69) is 20.6 Å². The standard InChI is InChI=1S/C39H52ClF3N4O5S/c1-27-7-6-15-38(51-3,25-45-17-19-46(20-18-45)26-39(41,42)43)34-13-10-31(34)23-47-16-5-4-8-29-21-33(40)12-9-32(29)24-52-36-14-11-30(22-35(36)47)37(48)44-53(49,50)28(27)2/h6,9,11-12,14-15,21-22,27-28,31,34H,4-5,7-8,10,13,16-20,23-26H2,1-3H3,(H,44,48)/b15-6+/t27-,28+,31-,34+,38-/m0/s1. The zero-order valence-corrected chi connectivity index (χ0v) is 32.4. The fourth-order valence-electron chi connectivity index (χ4n) is 8.34. The molecule has 1 amide bonds. The molecule has 0 aromatic heterocycles. The predicted octanol–water partition coefficient (Wildman–Crippen LogP) is 6.70. The van der Waals surface area contributed by atoms with Gasteiger partial charge in [-0.05, 0) is 105 Å². The number of piperazine rings is 1. The number of rotatable bonds is 4. The minimum Gasteiger partial charge on any atom is -0.487 e. The molecule has 4 aliphatic rings. The number of nitrogens with one attached hydrogen (secondary N) is 1. The summed E-state index contributed by atoms with van der Waals surface area (Å²) in [4.78, 5) is 19.5. The zero-order chi connectivity index (χ0) is 38.0. The highest BCUT2D eigenvalue weighted by molar-refractivity contribution is 7.90. The van der Waals surface area contributed by atoms with E-state index in [0.717, 1.165) is 48.9 Å². The summed E-state index contributed by atoms with van der Waals surface area (Å²) < 4.78 is 81.8. The van der Waals surface area contributed by atoms with Gasteiger partial charge in [-0.3, -0.25) is 14.6 Å². The molecular weight excluding hydrogens is 729 g/mol. The number of fused-ring (bicyclic) bond motifs is 3. The molecule has 1 N–H and O–H groups in total. The molecular formula is C39H52ClF3N4O5S. The molecule has 2 fully saturated rings. The number of hydrogen-bond acceptors (Lipinski definition) is 8. The van der Waals surface area contributed by atoms with Crippen molar-refractivity contribution in [3.63, 3.8) is 0 Å². The van der Waals surface area contributed by atoms with Gasteiger partial charge in [0.25, 0.3) is 5.91 Å². The van der Waals surface area contributed by atoms with E-state index in [1.807, 2.05) is 31.2 Å². The third-order valence-electron chi connectivity index (χ3n) is 11.9. The van der Waals surface area contributed by atoms with Crippen molar-refractivity contribution in [1.82, 2.24) is 14.5 Å². The van der Waals surface area contributed by atoms with Gasteiger partial charge in [-0.25, -0.2) is 13.1 Å². The number of aryl methyl sites for hydroxylation is 1. The summed E-state index contributed by atoms with van der Waals surface area (Å²) in [7, 11) is -2.33. The third-order valence-corrected chi connectivity index (χ3v) is 14.0. The normalized spacial score (nSPS) is 29.7. The quantitative estimate of drug-likeness (QED) is 0.344. The second-order valence-corrected chi connectivity index (χ2v) is 17.8. The molecule has 0 spiro atoms. The Hall–Kier alpha value is -2.84. The number of carbonyl (C=O) groups excluding carboxylic acids is 1. The number of ether oxygens (including phenoxy) is 2.